The third-order valence-electron chi connectivity index (χ3n) is 4.12. The largest absolute Gasteiger partial charge is 0.351 e. The normalized spacial score (nSPS) is 23.6. The van der Waals surface area contributed by atoms with Crippen molar-refractivity contribution in [2.45, 2.75) is 31.8 Å². The zero-order chi connectivity index (χ0) is 13.5. The van der Waals surface area contributed by atoms with Gasteiger partial charge in [-0.05, 0) is 30.7 Å². The zero-order valence-corrected chi connectivity index (χ0v) is 11.3. The molecule has 1 saturated carbocycles. The molecule has 102 valence electrons. The van der Waals surface area contributed by atoms with Crippen LogP contribution in [0.4, 0.5) is 4.39 Å². The van der Waals surface area contributed by atoms with E-state index in [2.05, 4.69) is 10.6 Å². The van der Waals surface area contributed by atoms with Crippen molar-refractivity contribution in [3.05, 3.63) is 34.6 Å². The summed E-state index contributed by atoms with van der Waals surface area (Å²) in [4.78, 5) is 12.0. The molecule has 1 atom stereocenters. The number of benzene rings is 1. The van der Waals surface area contributed by atoms with E-state index in [-0.39, 0.29) is 23.5 Å². The van der Waals surface area contributed by atoms with Gasteiger partial charge < -0.3 is 10.6 Å². The van der Waals surface area contributed by atoms with E-state index in [9.17, 15) is 9.18 Å². The first-order valence-corrected chi connectivity index (χ1v) is 6.91. The van der Waals surface area contributed by atoms with Gasteiger partial charge in [-0.3, -0.25) is 4.79 Å². The van der Waals surface area contributed by atoms with Crippen molar-refractivity contribution in [2.75, 3.05) is 6.54 Å². The molecule has 0 unspecified atom stereocenters. The summed E-state index contributed by atoms with van der Waals surface area (Å²) in [6.07, 6.45) is 3.33. The highest BCUT2D eigenvalue weighted by molar-refractivity contribution is 6.30. The van der Waals surface area contributed by atoms with E-state index in [0.717, 1.165) is 13.0 Å². The molecule has 1 aromatic rings. The van der Waals surface area contributed by atoms with Gasteiger partial charge in [0.15, 0.2) is 0 Å². The fourth-order valence-electron chi connectivity index (χ4n) is 2.65. The van der Waals surface area contributed by atoms with Crippen LogP contribution in [0.5, 0.6) is 0 Å². The predicted octanol–water partition coefficient (Wildman–Crippen LogP) is 2.24. The summed E-state index contributed by atoms with van der Waals surface area (Å²) in [6.45, 7) is 1.10. The lowest BCUT2D eigenvalue weighted by Crippen LogP contribution is -2.40. The van der Waals surface area contributed by atoms with E-state index in [4.69, 9.17) is 11.6 Å². The molecule has 1 saturated heterocycles. The molecule has 3 rings (SSSR count). The quantitative estimate of drug-likeness (QED) is 0.893. The molecule has 0 bridgehead atoms. The maximum absolute atomic E-state index is 13.7. The van der Waals surface area contributed by atoms with E-state index in [1.807, 2.05) is 0 Å². The number of hydrogen-bond donors (Lipinski definition) is 2. The lowest BCUT2D eigenvalue weighted by Gasteiger charge is -2.12. The number of hydrogen-bond acceptors (Lipinski definition) is 2. The van der Waals surface area contributed by atoms with E-state index >= 15 is 0 Å². The molecule has 1 aliphatic carbocycles. The van der Waals surface area contributed by atoms with Gasteiger partial charge in [0.05, 0.1) is 11.1 Å². The van der Waals surface area contributed by atoms with Crippen molar-refractivity contribution in [1.82, 2.24) is 10.6 Å². The standard InChI is InChI=1S/C14H16ClFN2O/c15-10-3-1-2-9(12(10)16)7-17-13(19)11-6-14(4-5-14)8-18-11/h1-3,11,18H,4-8H2,(H,17,19)/t11-/m0/s1. The van der Waals surface area contributed by atoms with E-state index in [0.29, 0.717) is 11.0 Å². The van der Waals surface area contributed by atoms with Gasteiger partial charge in [0, 0.05) is 18.7 Å². The second kappa shape index (κ2) is 4.76. The second-order valence-electron chi connectivity index (χ2n) is 5.57. The molecule has 0 aromatic heterocycles. The molecule has 19 heavy (non-hydrogen) atoms. The first-order chi connectivity index (χ1) is 9.10. The minimum absolute atomic E-state index is 0.0526. The summed E-state index contributed by atoms with van der Waals surface area (Å²) in [7, 11) is 0. The van der Waals surface area contributed by atoms with E-state index < -0.39 is 5.82 Å². The van der Waals surface area contributed by atoms with Crippen molar-refractivity contribution in [2.24, 2.45) is 5.41 Å². The summed E-state index contributed by atoms with van der Waals surface area (Å²) >= 11 is 5.70. The van der Waals surface area contributed by atoms with Crippen molar-refractivity contribution < 1.29 is 9.18 Å². The van der Waals surface area contributed by atoms with Crippen LogP contribution in [0.15, 0.2) is 18.2 Å². The molecule has 1 aromatic carbocycles. The SMILES string of the molecule is O=C(NCc1cccc(Cl)c1F)[C@@H]1CC2(CC2)CN1. The Morgan fingerprint density at radius 3 is 3.00 bits per heavy atom. The number of carbonyl (C=O) groups excluding carboxylic acids is 1. The minimum atomic E-state index is -0.456. The van der Waals surface area contributed by atoms with Gasteiger partial charge in [-0.15, -0.1) is 0 Å². The van der Waals surface area contributed by atoms with Crippen LogP contribution in [-0.4, -0.2) is 18.5 Å². The minimum Gasteiger partial charge on any atom is -0.351 e. The smallest absolute Gasteiger partial charge is 0.237 e. The Balaban J connectivity index is 1.57. The Bertz CT molecular complexity index is 516. The van der Waals surface area contributed by atoms with Crippen LogP contribution in [0, 0.1) is 11.2 Å². The molecule has 2 N–H and O–H groups in total. The van der Waals surface area contributed by atoms with E-state index in [1.165, 1.54) is 18.9 Å². The highest BCUT2D eigenvalue weighted by atomic mass is 35.5. The van der Waals surface area contributed by atoms with Crippen LogP contribution in [0.2, 0.25) is 5.02 Å². The van der Waals surface area contributed by atoms with Crippen LogP contribution >= 0.6 is 11.6 Å². The van der Waals surface area contributed by atoms with E-state index in [1.54, 1.807) is 12.1 Å². The fraction of sp³-hybridized carbons (Fsp3) is 0.500. The molecule has 1 amide bonds. The van der Waals surface area contributed by atoms with Gasteiger partial charge in [0.1, 0.15) is 5.82 Å². The lowest BCUT2D eigenvalue weighted by molar-refractivity contribution is -0.123. The van der Waals surface area contributed by atoms with Crippen LogP contribution < -0.4 is 10.6 Å². The monoisotopic (exact) mass is 282 g/mol. The Kier molecular flexibility index (Phi) is 3.23. The Hall–Kier alpha value is -1.13. The van der Waals surface area contributed by atoms with Crippen molar-refractivity contribution in [3.63, 3.8) is 0 Å². The molecule has 2 fully saturated rings. The Morgan fingerprint density at radius 2 is 2.32 bits per heavy atom. The number of rotatable bonds is 3. The van der Waals surface area contributed by atoms with Crippen LogP contribution in [0.25, 0.3) is 0 Å². The van der Waals surface area contributed by atoms with Crippen molar-refractivity contribution in [3.8, 4) is 0 Å². The van der Waals surface area contributed by atoms with Gasteiger partial charge in [-0.1, -0.05) is 23.7 Å². The van der Waals surface area contributed by atoms with Gasteiger partial charge in [0.25, 0.3) is 0 Å². The molecule has 1 aliphatic heterocycles. The molecule has 0 radical (unpaired) electrons. The second-order valence-corrected chi connectivity index (χ2v) is 5.98. The van der Waals surface area contributed by atoms with Gasteiger partial charge in [-0.2, -0.15) is 0 Å². The average molecular weight is 283 g/mol. The maximum atomic E-state index is 13.7. The third kappa shape index (κ3) is 2.60. The Morgan fingerprint density at radius 1 is 1.53 bits per heavy atom. The molecule has 5 heteroatoms. The first kappa shape index (κ1) is 12.9. The van der Waals surface area contributed by atoms with Crippen LogP contribution in [0.3, 0.4) is 0 Å². The van der Waals surface area contributed by atoms with Gasteiger partial charge in [0.2, 0.25) is 5.91 Å². The number of halogens is 2. The molecule has 1 heterocycles. The number of carbonyl (C=O) groups is 1. The lowest BCUT2D eigenvalue weighted by atomic mass is 10.0. The molecule has 1 spiro atoms. The zero-order valence-electron chi connectivity index (χ0n) is 10.5. The summed E-state index contributed by atoms with van der Waals surface area (Å²) in [5.74, 6) is -0.509. The average Bonchev–Trinajstić information content (AvgIpc) is 3.01. The molecular formula is C14H16ClFN2O. The molecule has 2 aliphatic rings. The van der Waals surface area contributed by atoms with Gasteiger partial charge >= 0.3 is 0 Å². The highest BCUT2D eigenvalue weighted by Crippen LogP contribution is 2.51. The van der Waals surface area contributed by atoms with Gasteiger partial charge in [-0.25, -0.2) is 4.39 Å². The molecular weight excluding hydrogens is 267 g/mol. The summed E-state index contributed by atoms with van der Waals surface area (Å²) in [5.41, 5.74) is 0.795. The predicted molar refractivity (Wildman–Crippen MR) is 71.3 cm³/mol. The topological polar surface area (TPSA) is 41.1 Å². The summed E-state index contributed by atoms with van der Waals surface area (Å²) < 4.78 is 13.7. The number of nitrogens with one attached hydrogen (secondary N) is 2. The van der Waals surface area contributed by atoms with Crippen LogP contribution in [0.1, 0.15) is 24.8 Å². The summed E-state index contributed by atoms with van der Waals surface area (Å²) in [6, 6.07) is 4.67. The van der Waals surface area contributed by atoms with Crippen molar-refractivity contribution >= 4 is 17.5 Å². The fourth-order valence-corrected chi connectivity index (χ4v) is 2.84. The number of amides is 1. The maximum Gasteiger partial charge on any atom is 0.237 e. The van der Waals surface area contributed by atoms with Crippen LogP contribution in [-0.2, 0) is 11.3 Å². The Labute approximate surface area is 116 Å². The first-order valence-electron chi connectivity index (χ1n) is 6.54. The molecule has 3 nitrogen and oxygen atoms in total. The highest BCUT2D eigenvalue weighted by Gasteiger charge is 2.49. The third-order valence-corrected chi connectivity index (χ3v) is 4.41. The van der Waals surface area contributed by atoms with Crippen molar-refractivity contribution in [1.29, 1.82) is 0 Å². The summed E-state index contributed by atoms with van der Waals surface area (Å²) in [5, 5.41) is 6.10.